The molecule has 3 aromatic carbocycles. The molecule has 158 valence electrons. The van der Waals surface area contributed by atoms with Crippen LogP contribution in [-0.4, -0.2) is 11.8 Å². The zero-order valence-corrected chi connectivity index (χ0v) is 19.6. The van der Waals surface area contributed by atoms with Crippen LogP contribution in [0.5, 0.6) is 0 Å². The van der Waals surface area contributed by atoms with Gasteiger partial charge >= 0.3 is 0 Å². The van der Waals surface area contributed by atoms with Gasteiger partial charge in [-0.1, -0.05) is 69.3 Å². The van der Waals surface area contributed by atoms with Crippen LogP contribution in [0.1, 0.15) is 71.4 Å². The van der Waals surface area contributed by atoms with Crippen molar-refractivity contribution in [2.24, 2.45) is 0 Å². The van der Waals surface area contributed by atoms with E-state index in [1.54, 1.807) is 6.07 Å². The lowest BCUT2D eigenvalue weighted by molar-refractivity contribution is 0.0925. The fourth-order valence-corrected chi connectivity index (χ4v) is 4.88. The van der Waals surface area contributed by atoms with E-state index < -0.39 is 0 Å². The number of benzene rings is 3. The third-order valence-electron chi connectivity index (χ3n) is 5.47. The van der Waals surface area contributed by atoms with Crippen molar-refractivity contribution in [2.45, 2.75) is 49.3 Å². The Labute approximate surface area is 192 Å². The number of carbonyl (C=O) groups is 2. The smallest absolute Gasteiger partial charge is 0.266 e. The topological polar surface area (TPSA) is 37.4 Å². The standard InChI is InChI=1S/C26H24ClNO2S/c1-15(2)20-6-5-7-21(16(3)4)24(20)28-25(29)22-13-12-19(14-23(22)26(28)30)31-18-10-8-17(27)9-11-18/h5-16H,1-4H3. The molecule has 0 unspecified atom stereocenters. The second-order valence-electron chi connectivity index (χ2n) is 8.30. The molecule has 0 aromatic heterocycles. The lowest BCUT2D eigenvalue weighted by Crippen LogP contribution is -2.31. The van der Waals surface area contributed by atoms with Gasteiger partial charge in [0.2, 0.25) is 0 Å². The molecule has 2 amide bonds. The summed E-state index contributed by atoms with van der Waals surface area (Å²) in [5.41, 5.74) is 3.68. The molecule has 3 nitrogen and oxygen atoms in total. The molecule has 0 radical (unpaired) electrons. The SMILES string of the molecule is CC(C)c1cccc(C(C)C)c1N1C(=O)c2ccc(Sc3ccc(Cl)cc3)cc2C1=O. The van der Waals surface area contributed by atoms with E-state index in [-0.39, 0.29) is 23.7 Å². The number of hydrogen-bond donors (Lipinski definition) is 0. The van der Waals surface area contributed by atoms with E-state index in [2.05, 4.69) is 27.7 Å². The molecule has 1 heterocycles. The number of halogens is 1. The van der Waals surface area contributed by atoms with Crippen molar-refractivity contribution >= 4 is 40.9 Å². The maximum Gasteiger partial charge on any atom is 0.266 e. The summed E-state index contributed by atoms with van der Waals surface area (Å²) in [5.74, 6) is -0.130. The number of nitrogens with zero attached hydrogens (tertiary/aromatic N) is 1. The van der Waals surface area contributed by atoms with Crippen molar-refractivity contribution in [3.8, 4) is 0 Å². The molecule has 0 spiro atoms. The lowest BCUT2D eigenvalue weighted by atomic mass is 9.92. The maximum absolute atomic E-state index is 13.5. The van der Waals surface area contributed by atoms with Gasteiger partial charge in [-0.15, -0.1) is 0 Å². The van der Waals surface area contributed by atoms with Crippen molar-refractivity contribution < 1.29 is 9.59 Å². The zero-order chi connectivity index (χ0) is 22.3. The Morgan fingerprint density at radius 1 is 0.742 bits per heavy atom. The first-order valence-corrected chi connectivity index (χ1v) is 11.6. The Morgan fingerprint density at radius 3 is 1.87 bits per heavy atom. The van der Waals surface area contributed by atoms with Crippen LogP contribution in [0.15, 0.2) is 70.5 Å². The number of imide groups is 1. The largest absolute Gasteiger partial charge is 0.268 e. The molecule has 0 N–H and O–H groups in total. The van der Waals surface area contributed by atoms with Gasteiger partial charge in [0.25, 0.3) is 11.8 Å². The summed E-state index contributed by atoms with van der Waals surface area (Å²) in [7, 11) is 0. The van der Waals surface area contributed by atoms with E-state index in [4.69, 9.17) is 11.6 Å². The number of carbonyl (C=O) groups excluding carboxylic acids is 2. The second-order valence-corrected chi connectivity index (χ2v) is 9.89. The number of rotatable bonds is 5. The highest BCUT2D eigenvalue weighted by Gasteiger charge is 2.39. The first-order valence-electron chi connectivity index (χ1n) is 10.4. The van der Waals surface area contributed by atoms with Crippen molar-refractivity contribution in [3.05, 3.63) is 87.9 Å². The van der Waals surface area contributed by atoms with Gasteiger partial charge in [-0.05, 0) is 65.4 Å². The molecule has 5 heteroatoms. The number of amides is 2. The second kappa shape index (κ2) is 8.52. The first-order chi connectivity index (χ1) is 14.8. The quantitative estimate of drug-likeness (QED) is 0.377. The Kier molecular flexibility index (Phi) is 5.96. The number of anilines is 1. The molecule has 4 rings (SSSR count). The lowest BCUT2D eigenvalue weighted by Gasteiger charge is -2.25. The molecule has 31 heavy (non-hydrogen) atoms. The summed E-state index contributed by atoms with van der Waals surface area (Å²) < 4.78 is 0. The van der Waals surface area contributed by atoms with Crippen LogP contribution < -0.4 is 4.90 Å². The van der Waals surface area contributed by atoms with Gasteiger partial charge in [0.05, 0.1) is 16.8 Å². The van der Waals surface area contributed by atoms with Crippen LogP contribution >= 0.6 is 23.4 Å². The van der Waals surface area contributed by atoms with Crippen molar-refractivity contribution in [1.82, 2.24) is 0 Å². The van der Waals surface area contributed by atoms with Crippen molar-refractivity contribution in [1.29, 1.82) is 0 Å². The predicted octanol–water partition coefficient (Wildman–Crippen LogP) is 7.54. The molecule has 0 atom stereocenters. The van der Waals surface area contributed by atoms with E-state index in [0.717, 1.165) is 26.6 Å². The number of fused-ring (bicyclic) bond motifs is 1. The fourth-order valence-electron chi connectivity index (χ4n) is 3.90. The summed E-state index contributed by atoms with van der Waals surface area (Å²) in [6.45, 7) is 8.34. The van der Waals surface area contributed by atoms with E-state index in [1.807, 2.05) is 54.6 Å². The predicted molar refractivity (Wildman–Crippen MR) is 128 cm³/mol. The Balaban J connectivity index is 1.75. The van der Waals surface area contributed by atoms with Gasteiger partial charge in [-0.25, -0.2) is 4.90 Å². The molecular weight excluding hydrogens is 426 g/mol. The molecule has 0 bridgehead atoms. The molecule has 0 saturated heterocycles. The van der Waals surface area contributed by atoms with Crippen molar-refractivity contribution in [3.63, 3.8) is 0 Å². The molecule has 3 aromatic rings. The highest BCUT2D eigenvalue weighted by molar-refractivity contribution is 7.99. The van der Waals surface area contributed by atoms with Crippen LogP contribution in [0.25, 0.3) is 0 Å². The molecule has 0 fully saturated rings. The van der Waals surface area contributed by atoms with E-state index >= 15 is 0 Å². The monoisotopic (exact) mass is 449 g/mol. The molecular formula is C26H24ClNO2S. The number of para-hydroxylation sites is 1. The molecule has 1 aliphatic rings. The minimum atomic E-state index is -0.256. The van der Waals surface area contributed by atoms with E-state index in [0.29, 0.717) is 16.1 Å². The molecule has 1 aliphatic heterocycles. The van der Waals surface area contributed by atoms with Crippen LogP contribution in [0.4, 0.5) is 5.69 Å². The van der Waals surface area contributed by atoms with Crippen molar-refractivity contribution in [2.75, 3.05) is 4.90 Å². The minimum absolute atomic E-state index is 0.189. The van der Waals surface area contributed by atoms with Gasteiger partial charge < -0.3 is 0 Å². The highest BCUT2D eigenvalue weighted by atomic mass is 35.5. The van der Waals surface area contributed by atoms with E-state index in [9.17, 15) is 9.59 Å². The third-order valence-corrected chi connectivity index (χ3v) is 6.72. The maximum atomic E-state index is 13.5. The first kappa shape index (κ1) is 21.7. The van der Waals surface area contributed by atoms with Gasteiger partial charge in [-0.2, -0.15) is 0 Å². The minimum Gasteiger partial charge on any atom is -0.268 e. The third kappa shape index (κ3) is 4.02. The van der Waals surface area contributed by atoms with Gasteiger partial charge in [0, 0.05) is 14.8 Å². The Hall–Kier alpha value is -2.56. The van der Waals surface area contributed by atoms with Crippen LogP contribution in [0, 0.1) is 0 Å². The summed E-state index contributed by atoms with van der Waals surface area (Å²) in [5, 5.41) is 0.680. The van der Waals surface area contributed by atoms with Crippen LogP contribution in [0.3, 0.4) is 0 Å². The summed E-state index contributed by atoms with van der Waals surface area (Å²) in [4.78, 5) is 30.1. The molecule has 0 aliphatic carbocycles. The Morgan fingerprint density at radius 2 is 1.29 bits per heavy atom. The van der Waals surface area contributed by atoms with Gasteiger partial charge in [-0.3, -0.25) is 9.59 Å². The normalized spacial score (nSPS) is 13.5. The summed E-state index contributed by atoms with van der Waals surface area (Å²) >= 11 is 7.51. The summed E-state index contributed by atoms with van der Waals surface area (Å²) in [6, 6.07) is 19.1. The van der Waals surface area contributed by atoms with Crippen LogP contribution in [0.2, 0.25) is 5.02 Å². The highest BCUT2D eigenvalue weighted by Crippen LogP contribution is 2.40. The molecule has 0 saturated carbocycles. The average Bonchev–Trinajstić information content (AvgIpc) is 2.98. The average molecular weight is 450 g/mol. The summed E-state index contributed by atoms with van der Waals surface area (Å²) in [6.07, 6.45) is 0. The Bertz CT molecular complexity index is 1140. The van der Waals surface area contributed by atoms with Gasteiger partial charge in [0.1, 0.15) is 0 Å². The van der Waals surface area contributed by atoms with Crippen LogP contribution in [-0.2, 0) is 0 Å². The van der Waals surface area contributed by atoms with Gasteiger partial charge in [0.15, 0.2) is 0 Å². The number of hydrogen-bond acceptors (Lipinski definition) is 3. The van der Waals surface area contributed by atoms with E-state index in [1.165, 1.54) is 16.7 Å². The zero-order valence-electron chi connectivity index (χ0n) is 18.0. The fraction of sp³-hybridized carbons (Fsp3) is 0.231.